The van der Waals surface area contributed by atoms with E-state index in [0.717, 1.165) is 0 Å². The number of carbonyl (C=O) groups is 1. The number of aliphatic carboxylic acids is 1. The smallest absolute Gasteiger partial charge is 0.342 e. The van der Waals surface area contributed by atoms with Gasteiger partial charge in [0.2, 0.25) is 0 Å². The monoisotopic (exact) mass is 352 g/mol. The van der Waals surface area contributed by atoms with E-state index in [2.05, 4.69) is 22.5 Å². The molecule has 0 radical (unpaired) electrons. The Labute approximate surface area is 70.2 Å². The molecule has 0 heterocycles. The second kappa shape index (κ2) is 4.78. The molecule has 0 amide bonds. The van der Waals surface area contributed by atoms with E-state index >= 15 is 0 Å². The third-order valence-electron chi connectivity index (χ3n) is 0.232. The molecule has 0 saturated carbocycles. The molecule has 36 valence electrons. The third kappa shape index (κ3) is 6.63. The van der Waals surface area contributed by atoms with Gasteiger partial charge in [0, 0.05) is 27.7 Å². The summed E-state index contributed by atoms with van der Waals surface area (Å²) in [6.07, 6.45) is 0. The largest absolute Gasteiger partial charge is 0.477 e. The number of carboxylic acid groups (broad SMARTS) is 1. The van der Waals surface area contributed by atoms with Gasteiger partial charge in [-0.2, -0.15) is 0 Å². The Balaban J connectivity index is 0. The van der Waals surface area contributed by atoms with Crippen molar-refractivity contribution in [1.29, 1.82) is 0 Å². The van der Waals surface area contributed by atoms with E-state index < -0.39 is 5.97 Å². The first-order valence-corrected chi connectivity index (χ1v) is 2.01. The predicted molar refractivity (Wildman–Crippen MR) is 25.7 cm³/mol. The van der Waals surface area contributed by atoms with Crippen LogP contribution >= 0.6 is 15.9 Å². The van der Waals surface area contributed by atoms with Crippen LogP contribution in [0.15, 0.2) is 11.1 Å². The maximum atomic E-state index is 9.55. The van der Waals surface area contributed by atoms with Crippen molar-refractivity contribution in [3.63, 3.8) is 0 Å². The normalized spacial score (nSPS) is 6.43. The van der Waals surface area contributed by atoms with Gasteiger partial charge in [0.1, 0.15) is 0 Å². The van der Waals surface area contributed by atoms with Crippen LogP contribution in [0.1, 0.15) is 0 Å². The molecule has 0 bridgehead atoms. The van der Waals surface area contributed by atoms with Crippen LogP contribution in [-0.4, -0.2) is 11.1 Å². The summed E-state index contributed by atoms with van der Waals surface area (Å²) in [6, 6.07) is 0. The van der Waals surface area contributed by atoms with Gasteiger partial charge in [-0.1, -0.05) is 6.58 Å². The van der Waals surface area contributed by atoms with E-state index in [1.54, 1.807) is 0 Å². The predicted octanol–water partition coefficient (Wildman–Crippen LogP) is 0.977. The minimum atomic E-state index is -1.02. The van der Waals surface area contributed by atoms with Crippen molar-refractivity contribution < 1.29 is 37.6 Å². The Morgan fingerprint density at radius 2 is 1.86 bits per heavy atom. The summed E-state index contributed by atoms with van der Waals surface area (Å²) in [5.41, 5.74) is 0. The van der Waals surface area contributed by atoms with Gasteiger partial charge in [-0.3, -0.25) is 0 Å². The first kappa shape index (κ1) is 10.6. The van der Waals surface area contributed by atoms with Crippen molar-refractivity contribution in [3.8, 4) is 0 Å². The summed E-state index contributed by atoms with van der Waals surface area (Å²) < 4.78 is -0.0116. The van der Waals surface area contributed by atoms with Gasteiger partial charge >= 0.3 is 5.97 Å². The summed E-state index contributed by atoms with van der Waals surface area (Å²) in [7, 11) is 0. The van der Waals surface area contributed by atoms with Gasteiger partial charge in [0.15, 0.2) is 0 Å². The van der Waals surface area contributed by atoms with Crippen LogP contribution in [0, 0.1) is 0 Å². The zero-order valence-electron chi connectivity index (χ0n) is 3.65. The van der Waals surface area contributed by atoms with Crippen molar-refractivity contribution in [2.75, 3.05) is 0 Å². The van der Waals surface area contributed by atoms with E-state index in [-0.39, 0.29) is 32.2 Å². The molecule has 0 rings (SSSR count). The summed E-state index contributed by atoms with van der Waals surface area (Å²) >= 11 is 2.64. The minimum Gasteiger partial charge on any atom is -0.477 e. The summed E-state index contributed by atoms with van der Waals surface area (Å²) in [6.45, 7) is 3.07. The average molecular weight is 352 g/mol. The number of hydrogen-bond acceptors (Lipinski definition) is 1. The summed E-state index contributed by atoms with van der Waals surface area (Å²) in [5.74, 6) is -1.02. The van der Waals surface area contributed by atoms with E-state index in [0.29, 0.717) is 0 Å². The maximum Gasteiger partial charge on any atom is 0.342 e. The molecule has 7 heavy (non-hydrogen) atoms. The molecule has 1 N–H and O–H groups in total. The molecular formula is C3H3BrHgO2. The van der Waals surface area contributed by atoms with Gasteiger partial charge < -0.3 is 5.11 Å². The molecule has 0 spiro atoms. The average Bonchev–Trinajstić information content (AvgIpc) is 1.36. The number of hydrogen-bond donors (Lipinski definition) is 1. The molecule has 0 aromatic heterocycles. The molecule has 0 aliphatic heterocycles. The maximum absolute atomic E-state index is 9.55. The van der Waals surface area contributed by atoms with Crippen molar-refractivity contribution in [1.82, 2.24) is 0 Å². The first-order valence-electron chi connectivity index (χ1n) is 1.22. The van der Waals surface area contributed by atoms with Crippen LogP contribution in [0.25, 0.3) is 0 Å². The number of carboxylic acids is 1. The quantitative estimate of drug-likeness (QED) is 0.565. The van der Waals surface area contributed by atoms with E-state index in [9.17, 15) is 4.79 Å². The topological polar surface area (TPSA) is 37.3 Å². The van der Waals surface area contributed by atoms with Crippen molar-refractivity contribution in [2.24, 2.45) is 0 Å². The Morgan fingerprint density at radius 1 is 1.71 bits per heavy atom. The summed E-state index contributed by atoms with van der Waals surface area (Å²) in [4.78, 5) is 9.55. The van der Waals surface area contributed by atoms with Crippen molar-refractivity contribution in [3.05, 3.63) is 11.1 Å². The third-order valence-corrected chi connectivity index (χ3v) is 0.571. The zero-order chi connectivity index (χ0) is 5.15. The second-order valence-electron chi connectivity index (χ2n) is 0.710. The van der Waals surface area contributed by atoms with E-state index in [1.807, 2.05) is 0 Å². The van der Waals surface area contributed by atoms with Crippen LogP contribution in [0.2, 0.25) is 0 Å². The first-order chi connectivity index (χ1) is 2.64. The Bertz CT molecular complexity index is 78.9. The Morgan fingerprint density at radius 3 is 1.86 bits per heavy atom. The van der Waals surface area contributed by atoms with Crippen LogP contribution < -0.4 is 0 Å². The van der Waals surface area contributed by atoms with Gasteiger partial charge in [-0.25, -0.2) is 4.79 Å². The van der Waals surface area contributed by atoms with Crippen LogP contribution in [-0.2, 0) is 32.5 Å². The Hall–Kier alpha value is 0.625. The molecule has 0 aromatic rings. The number of halogens is 1. The van der Waals surface area contributed by atoms with Crippen molar-refractivity contribution >= 4 is 21.9 Å². The number of rotatable bonds is 1. The Kier molecular flexibility index (Phi) is 7.22. The summed E-state index contributed by atoms with van der Waals surface area (Å²) in [5, 5.41) is 7.84. The van der Waals surface area contributed by atoms with E-state index in [1.165, 1.54) is 0 Å². The molecule has 0 atom stereocenters. The van der Waals surface area contributed by atoms with E-state index in [4.69, 9.17) is 5.11 Å². The molecule has 0 aliphatic carbocycles. The van der Waals surface area contributed by atoms with Gasteiger partial charge in [-0.15, -0.1) is 0 Å². The van der Waals surface area contributed by atoms with Gasteiger partial charge in [0.05, 0.1) is 4.48 Å². The van der Waals surface area contributed by atoms with Crippen LogP contribution in [0.5, 0.6) is 0 Å². The molecule has 0 fully saturated rings. The minimum absolute atomic E-state index is 0. The second-order valence-corrected chi connectivity index (χ2v) is 1.67. The van der Waals surface area contributed by atoms with Crippen molar-refractivity contribution in [2.45, 2.75) is 0 Å². The van der Waals surface area contributed by atoms with Crippen LogP contribution in [0.4, 0.5) is 0 Å². The van der Waals surface area contributed by atoms with Gasteiger partial charge in [-0.05, 0) is 15.9 Å². The molecule has 2 nitrogen and oxygen atoms in total. The fourth-order valence-electron chi connectivity index (χ4n) is 0. The fourth-order valence-corrected chi connectivity index (χ4v) is 0. The fraction of sp³-hybridized carbons (Fsp3) is 0. The van der Waals surface area contributed by atoms with Crippen LogP contribution in [0.3, 0.4) is 0 Å². The molecule has 0 aliphatic rings. The van der Waals surface area contributed by atoms with Gasteiger partial charge in [0.25, 0.3) is 0 Å². The SMILES string of the molecule is C=C(Br)C(=O)O.[Hg]. The zero-order valence-corrected chi connectivity index (χ0v) is 10.7. The molecular weight excluding hydrogens is 349 g/mol. The molecule has 0 unspecified atom stereocenters. The molecule has 4 heteroatoms. The molecule has 0 saturated heterocycles. The standard InChI is InChI=1S/C3H3BrO2.Hg/c1-2(4)3(5)6;/h1H2,(H,5,6);. The molecule has 0 aromatic carbocycles.